The molecular weight excluding hydrogens is 534 g/mol. The van der Waals surface area contributed by atoms with Gasteiger partial charge in [-0.05, 0) is 67.9 Å². The van der Waals surface area contributed by atoms with Crippen LogP contribution in [0.25, 0.3) is 16.6 Å². The van der Waals surface area contributed by atoms with Gasteiger partial charge in [0.1, 0.15) is 6.04 Å². The molecule has 214 valence electrons. The van der Waals surface area contributed by atoms with Gasteiger partial charge in [-0.1, -0.05) is 12.1 Å². The Bertz CT molecular complexity index is 1630. The van der Waals surface area contributed by atoms with Crippen LogP contribution in [0.1, 0.15) is 58.5 Å². The molecule has 1 aromatic heterocycles. The largest absolute Gasteiger partial charge is 0.390 e. The number of allylic oxidation sites excluding steroid dienone is 1. The number of rotatable bonds is 10. The Kier molecular flexibility index (Phi) is 7.47. The fraction of sp³-hybridized carbons (Fsp3) is 0.323. The van der Waals surface area contributed by atoms with Crippen LogP contribution in [0.4, 0.5) is 5.69 Å². The van der Waals surface area contributed by atoms with Gasteiger partial charge in [0.15, 0.2) is 0 Å². The normalized spacial score (nSPS) is 22.0. The predicted octanol–water partition coefficient (Wildman–Crippen LogP) is 3.14. The van der Waals surface area contributed by atoms with Crippen molar-refractivity contribution in [3.8, 4) is 0 Å². The topological polar surface area (TPSA) is 157 Å². The Hall–Kier alpha value is -4.93. The van der Waals surface area contributed by atoms with E-state index >= 15 is 0 Å². The highest BCUT2D eigenvalue weighted by Gasteiger charge is 2.44. The molecule has 4 N–H and O–H groups in total. The van der Waals surface area contributed by atoms with Crippen molar-refractivity contribution >= 4 is 52.1 Å². The number of hydrogen-bond donors (Lipinski definition) is 4. The van der Waals surface area contributed by atoms with Crippen LogP contribution in [0.5, 0.6) is 0 Å². The van der Waals surface area contributed by atoms with Crippen molar-refractivity contribution < 1.29 is 19.2 Å². The first-order valence-electron chi connectivity index (χ1n) is 14.2. The van der Waals surface area contributed by atoms with Crippen LogP contribution in [-0.4, -0.2) is 63.8 Å². The number of anilines is 1. The highest BCUT2D eigenvalue weighted by Crippen LogP contribution is 2.36. The molecule has 6 rings (SSSR count). The van der Waals surface area contributed by atoms with Crippen molar-refractivity contribution in [3.63, 3.8) is 0 Å². The van der Waals surface area contributed by atoms with Crippen molar-refractivity contribution in [2.24, 2.45) is 11.8 Å². The standard InChI is InChI=1S/C31H31N7O4/c32-14-20(26-17-35-24-3-1-2-4-25(24)36-26)16-33-15-19-11-18(12-19)9-10-34-21-5-6-22-23(13-21)31(42)38(30(22)41)27-7-8-28(39)37-29(27)40/h1-6,13-14,16-19,27,32-34H,7-12,15H2,(H,37,39,40)/b20-16+,32-14?. The fourth-order valence-electron chi connectivity index (χ4n) is 5.90. The van der Waals surface area contributed by atoms with Crippen molar-refractivity contribution in [1.82, 2.24) is 25.5 Å². The van der Waals surface area contributed by atoms with Crippen molar-refractivity contribution in [2.45, 2.75) is 38.1 Å². The number of hydrogen-bond acceptors (Lipinski definition) is 9. The van der Waals surface area contributed by atoms with Crippen LogP contribution in [-0.2, 0) is 9.59 Å². The smallest absolute Gasteiger partial charge is 0.262 e. The summed E-state index contributed by atoms with van der Waals surface area (Å²) in [5.41, 5.74) is 4.27. The summed E-state index contributed by atoms with van der Waals surface area (Å²) in [6.07, 6.45) is 8.24. The highest BCUT2D eigenvalue weighted by atomic mass is 16.2. The monoisotopic (exact) mass is 565 g/mol. The van der Waals surface area contributed by atoms with Crippen molar-refractivity contribution in [1.29, 1.82) is 5.41 Å². The van der Waals surface area contributed by atoms with E-state index in [1.54, 1.807) is 24.4 Å². The molecule has 1 atom stereocenters. The van der Waals surface area contributed by atoms with E-state index < -0.39 is 29.7 Å². The van der Waals surface area contributed by atoms with E-state index in [4.69, 9.17) is 5.41 Å². The summed E-state index contributed by atoms with van der Waals surface area (Å²) in [7, 11) is 0. The lowest BCUT2D eigenvalue weighted by molar-refractivity contribution is -0.136. The summed E-state index contributed by atoms with van der Waals surface area (Å²) >= 11 is 0. The number of amides is 4. The quantitative estimate of drug-likeness (QED) is 0.216. The SMILES string of the molecule is N=C/C(=C\NCC1CC(CCNc2ccc3c(c2)C(=O)N(C2CCC(=O)NC2=O)C3=O)C1)c1cnc2ccccc2n1. The van der Waals surface area contributed by atoms with Gasteiger partial charge in [-0.3, -0.25) is 34.4 Å². The van der Waals surface area contributed by atoms with Gasteiger partial charge in [-0.25, -0.2) is 4.98 Å². The number of nitrogens with zero attached hydrogens (tertiary/aromatic N) is 3. The van der Waals surface area contributed by atoms with E-state index in [-0.39, 0.29) is 24.0 Å². The Morgan fingerprint density at radius 3 is 2.60 bits per heavy atom. The average Bonchev–Trinajstić information content (AvgIpc) is 3.22. The minimum Gasteiger partial charge on any atom is -0.390 e. The van der Waals surface area contributed by atoms with Crippen LogP contribution in [0.15, 0.2) is 54.9 Å². The number of fused-ring (bicyclic) bond motifs is 2. The molecule has 4 amide bonds. The Balaban J connectivity index is 0.954. The number of carbonyl (C=O) groups is 4. The van der Waals surface area contributed by atoms with Gasteiger partial charge in [0.2, 0.25) is 11.8 Å². The molecule has 0 radical (unpaired) electrons. The summed E-state index contributed by atoms with van der Waals surface area (Å²) in [6, 6.07) is 11.8. The van der Waals surface area contributed by atoms with Gasteiger partial charge in [0.25, 0.3) is 11.8 Å². The zero-order valence-electron chi connectivity index (χ0n) is 22.9. The number of piperidine rings is 1. The van der Waals surface area contributed by atoms with Crippen LogP contribution >= 0.6 is 0 Å². The molecular formula is C31H31N7O4. The summed E-state index contributed by atoms with van der Waals surface area (Å²) in [5.74, 6) is -0.855. The van der Waals surface area contributed by atoms with E-state index in [1.165, 1.54) is 6.21 Å². The second kappa shape index (κ2) is 11.5. The van der Waals surface area contributed by atoms with Crippen molar-refractivity contribution in [2.75, 3.05) is 18.4 Å². The number of benzene rings is 2. The minimum absolute atomic E-state index is 0.0940. The molecule has 11 heteroatoms. The lowest BCUT2D eigenvalue weighted by Crippen LogP contribution is -2.54. The highest BCUT2D eigenvalue weighted by molar-refractivity contribution is 6.23. The first-order valence-corrected chi connectivity index (χ1v) is 14.2. The van der Waals surface area contributed by atoms with Crippen molar-refractivity contribution in [3.05, 3.63) is 71.7 Å². The zero-order chi connectivity index (χ0) is 29.2. The summed E-state index contributed by atoms with van der Waals surface area (Å²) in [5, 5.41) is 16.7. The van der Waals surface area contributed by atoms with E-state index in [0.29, 0.717) is 23.1 Å². The van der Waals surface area contributed by atoms with E-state index in [2.05, 4.69) is 25.9 Å². The van der Waals surface area contributed by atoms with E-state index in [0.717, 1.165) is 54.0 Å². The third kappa shape index (κ3) is 5.37. The zero-order valence-corrected chi connectivity index (χ0v) is 22.9. The average molecular weight is 566 g/mol. The first kappa shape index (κ1) is 27.3. The molecule has 3 heterocycles. The van der Waals surface area contributed by atoms with Crippen LogP contribution in [0.2, 0.25) is 0 Å². The maximum atomic E-state index is 13.0. The number of nitrogens with one attached hydrogen (secondary N) is 4. The molecule has 0 bridgehead atoms. The summed E-state index contributed by atoms with van der Waals surface area (Å²) in [6.45, 7) is 1.56. The molecule has 1 saturated heterocycles. The number of carbonyl (C=O) groups excluding carboxylic acids is 4. The Morgan fingerprint density at radius 1 is 1.02 bits per heavy atom. The Morgan fingerprint density at radius 2 is 1.81 bits per heavy atom. The molecule has 0 spiro atoms. The fourth-order valence-corrected chi connectivity index (χ4v) is 5.90. The predicted molar refractivity (Wildman–Crippen MR) is 157 cm³/mol. The maximum Gasteiger partial charge on any atom is 0.262 e. The molecule has 3 aliphatic rings. The van der Waals surface area contributed by atoms with E-state index in [9.17, 15) is 19.2 Å². The number of para-hydroxylation sites is 2. The molecule has 2 fully saturated rings. The van der Waals surface area contributed by atoms with Gasteiger partial charge in [0, 0.05) is 43.2 Å². The lowest BCUT2D eigenvalue weighted by Gasteiger charge is -2.35. The third-order valence-corrected chi connectivity index (χ3v) is 8.22. The number of imide groups is 2. The second-order valence-corrected chi connectivity index (χ2v) is 11.0. The molecule has 2 aromatic carbocycles. The van der Waals surface area contributed by atoms with Crippen LogP contribution in [0, 0.1) is 17.2 Å². The molecule has 11 nitrogen and oxygen atoms in total. The molecule has 42 heavy (non-hydrogen) atoms. The van der Waals surface area contributed by atoms with Gasteiger partial charge in [-0.2, -0.15) is 0 Å². The minimum atomic E-state index is -0.966. The molecule has 1 unspecified atom stereocenters. The van der Waals surface area contributed by atoms with Gasteiger partial charge in [0.05, 0.1) is 34.1 Å². The summed E-state index contributed by atoms with van der Waals surface area (Å²) in [4.78, 5) is 59.6. The second-order valence-electron chi connectivity index (χ2n) is 11.0. The van der Waals surface area contributed by atoms with Gasteiger partial charge in [-0.15, -0.1) is 0 Å². The number of aromatic nitrogens is 2. The Labute approximate surface area is 242 Å². The molecule has 1 saturated carbocycles. The maximum absolute atomic E-state index is 13.0. The summed E-state index contributed by atoms with van der Waals surface area (Å²) < 4.78 is 0. The molecule has 2 aliphatic heterocycles. The third-order valence-electron chi connectivity index (χ3n) is 8.22. The van der Waals surface area contributed by atoms with Crippen LogP contribution < -0.4 is 16.0 Å². The van der Waals surface area contributed by atoms with Crippen LogP contribution in [0.3, 0.4) is 0 Å². The van der Waals surface area contributed by atoms with Gasteiger partial charge < -0.3 is 16.0 Å². The van der Waals surface area contributed by atoms with Gasteiger partial charge >= 0.3 is 0 Å². The first-order chi connectivity index (χ1) is 20.4. The lowest BCUT2D eigenvalue weighted by atomic mass is 9.73. The molecule has 1 aliphatic carbocycles. The van der Waals surface area contributed by atoms with E-state index in [1.807, 2.05) is 30.5 Å². The molecule has 3 aromatic rings.